The van der Waals surface area contributed by atoms with Crippen LogP contribution >= 0.6 is 0 Å². The summed E-state index contributed by atoms with van der Waals surface area (Å²) >= 11 is 0. The van der Waals surface area contributed by atoms with Crippen LogP contribution in [0.3, 0.4) is 0 Å². The molecule has 0 aliphatic rings. The largest absolute Gasteiger partial charge is 0.0856 e. The van der Waals surface area contributed by atoms with E-state index in [0.29, 0.717) is 0 Å². The average Bonchev–Trinajstić information content (AvgIpc) is 2.63. The first-order chi connectivity index (χ1) is 13.3. The molecule has 0 fully saturated rings. The predicted molar refractivity (Wildman–Crippen MR) is 131 cm³/mol. The lowest BCUT2D eigenvalue weighted by molar-refractivity contribution is 0.423. The lowest BCUT2D eigenvalue weighted by Crippen LogP contribution is -1.97. The summed E-state index contributed by atoms with van der Waals surface area (Å²) in [5, 5.41) is 0. The first-order valence-electron chi connectivity index (χ1n) is 12.3. The fourth-order valence-electron chi connectivity index (χ4n) is 3.75. The molecule has 0 saturated carbocycles. The van der Waals surface area contributed by atoms with E-state index in [4.69, 9.17) is 0 Å². The Morgan fingerprint density at radius 3 is 1.57 bits per heavy atom. The topological polar surface area (TPSA) is 0 Å². The molecule has 0 aromatic rings. The van der Waals surface area contributed by atoms with Crippen LogP contribution in [0.4, 0.5) is 0 Å². The van der Waals surface area contributed by atoms with Crippen LogP contribution in [0.5, 0.6) is 0 Å². The van der Waals surface area contributed by atoms with Gasteiger partial charge in [-0.05, 0) is 90.9 Å². The molecule has 0 aromatic carbocycles. The molecule has 0 aliphatic carbocycles. The van der Waals surface area contributed by atoms with Crippen LogP contribution in [-0.4, -0.2) is 0 Å². The summed E-state index contributed by atoms with van der Waals surface area (Å²) in [4.78, 5) is 0. The van der Waals surface area contributed by atoms with Gasteiger partial charge in [-0.15, -0.1) is 0 Å². The van der Waals surface area contributed by atoms with E-state index < -0.39 is 0 Å². The zero-order valence-corrected chi connectivity index (χ0v) is 20.6. The van der Waals surface area contributed by atoms with Crippen molar-refractivity contribution >= 4 is 0 Å². The minimum Gasteiger partial charge on any atom is -0.0856 e. The van der Waals surface area contributed by atoms with Crippen molar-refractivity contribution in [3.8, 4) is 0 Å². The van der Waals surface area contributed by atoms with Gasteiger partial charge in [-0.3, -0.25) is 0 Å². The van der Waals surface area contributed by atoms with Crippen LogP contribution in [0.2, 0.25) is 0 Å². The van der Waals surface area contributed by atoms with E-state index in [2.05, 4.69) is 66.7 Å². The summed E-state index contributed by atoms with van der Waals surface area (Å²) in [6.07, 6.45) is 24.6. The van der Waals surface area contributed by atoms with Gasteiger partial charge in [0.2, 0.25) is 0 Å². The summed E-state index contributed by atoms with van der Waals surface area (Å²) in [7, 11) is 0. The lowest BCUT2D eigenvalue weighted by atomic mass is 9.93. The zero-order valence-electron chi connectivity index (χ0n) is 20.6. The first kappa shape index (κ1) is 27.2. The molecule has 164 valence electrons. The Labute approximate surface area is 179 Å². The number of rotatable bonds is 17. The van der Waals surface area contributed by atoms with Gasteiger partial charge in [0.15, 0.2) is 0 Å². The third-order valence-electron chi connectivity index (χ3n) is 5.96. The molecule has 0 rings (SSSR count). The van der Waals surface area contributed by atoms with Gasteiger partial charge in [0.1, 0.15) is 0 Å². The monoisotopic (exact) mass is 388 g/mol. The summed E-state index contributed by atoms with van der Waals surface area (Å²) < 4.78 is 0. The summed E-state index contributed by atoms with van der Waals surface area (Å²) in [6.45, 7) is 16.2. The van der Waals surface area contributed by atoms with E-state index in [1.54, 1.807) is 11.1 Å². The van der Waals surface area contributed by atoms with Gasteiger partial charge >= 0.3 is 0 Å². The van der Waals surface area contributed by atoms with Crippen LogP contribution in [0.1, 0.15) is 132 Å². The highest BCUT2D eigenvalue weighted by Crippen LogP contribution is 2.20. The molecule has 0 nitrogen and oxygen atoms in total. The second-order valence-electron chi connectivity index (χ2n) is 9.67. The minimum atomic E-state index is 0.876. The number of allylic oxidation sites excluding steroid dienone is 6. The van der Waals surface area contributed by atoms with Crippen LogP contribution < -0.4 is 0 Å². The molecule has 2 atom stereocenters. The Balaban J connectivity index is 3.72. The van der Waals surface area contributed by atoms with Crippen LogP contribution in [0.15, 0.2) is 34.9 Å². The van der Waals surface area contributed by atoms with Crippen LogP contribution in [0.25, 0.3) is 0 Å². The molecule has 2 unspecified atom stereocenters. The molecule has 0 aliphatic heterocycles. The standard InChI is InChI=1S/C28H52/c1-8-9-16-25(4)20-13-21-26(5)17-10-11-18-27(6)22-14-23-28(7)19-12-15-24(2)3/h15,20,23,26-27H,8-14,16-19,21-22H2,1-7H3/b25-20+,28-23+. The Bertz CT molecular complexity index is 445. The molecular weight excluding hydrogens is 336 g/mol. The summed E-state index contributed by atoms with van der Waals surface area (Å²) in [5.41, 5.74) is 4.61. The van der Waals surface area contributed by atoms with Crippen LogP contribution in [0, 0.1) is 11.8 Å². The van der Waals surface area contributed by atoms with Crippen molar-refractivity contribution in [1.29, 1.82) is 0 Å². The maximum Gasteiger partial charge on any atom is -0.0288 e. The first-order valence-corrected chi connectivity index (χ1v) is 12.3. The van der Waals surface area contributed by atoms with E-state index in [9.17, 15) is 0 Å². The normalized spacial score (nSPS) is 14.8. The molecule has 0 heterocycles. The Morgan fingerprint density at radius 1 is 0.607 bits per heavy atom. The highest BCUT2D eigenvalue weighted by Gasteiger charge is 2.04. The SMILES string of the molecule is CCCC/C(C)=C/CCC(C)CCCCC(C)CC/C=C(\C)CCC=C(C)C. The van der Waals surface area contributed by atoms with E-state index in [1.165, 1.54) is 89.0 Å². The highest BCUT2D eigenvalue weighted by atomic mass is 14.1. The van der Waals surface area contributed by atoms with Gasteiger partial charge in [0.25, 0.3) is 0 Å². The van der Waals surface area contributed by atoms with Crippen molar-refractivity contribution in [3.05, 3.63) is 34.9 Å². The number of hydrogen-bond acceptors (Lipinski definition) is 0. The molecule has 0 spiro atoms. The molecule has 0 heteroatoms. The molecule has 0 bridgehead atoms. The zero-order chi connectivity index (χ0) is 21.2. The Hall–Kier alpha value is -0.780. The Kier molecular flexibility index (Phi) is 17.8. The van der Waals surface area contributed by atoms with Crippen molar-refractivity contribution in [2.24, 2.45) is 11.8 Å². The van der Waals surface area contributed by atoms with E-state index in [1.807, 2.05) is 0 Å². The molecule has 0 radical (unpaired) electrons. The number of hydrogen-bond donors (Lipinski definition) is 0. The maximum atomic E-state index is 2.49. The van der Waals surface area contributed by atoms with Gasteiger partial charge < -0.3 is 0 Å². The van der Waals surface area contributed by atoms with Gasteiger partial charge in [0.05, 0.1) is 0 Å². The van der Waals surface area contributed by atoms with Crippen molar-refractivity contribution in [1.82, 2.24) is 0 Å². The predicted octanol–water partition coefficient (Wildman–Crippen LogP) is 10.2. The van der Waals surface area contributed by atoms with Crippen molar-refractivity contribution in [2.75, 3.05) is 0 Å². The molecule has 0 saturated heterocycles. The number of unbranched alkanes of at least 4 members (excludes halogenated alkanes) is 2. The fourth-order valence-corrected chi connectivity index (χ4v) is 3.75. The lowest BCUT2D eigenvalue weighted by Gasteiger charge is -2.13. The summed E-state index contributed by atoms with van der Waals surface area (Å²) in [5.74, 6) is 1.76. The quantitative estimate of drug-likeness (QED) is 0.172. The summed E-state index contributed by atoms with van der Waals surface area (Å²) in [6, 6.07) is 0. The average molecular weight is 389 g/mol. The van der Waals surface area contributed by atoms with Gasteiger partial charge in [0, 0.05) is 0 Å². The second-order valence-corrected chi connectivity index (χ2v) is 9.67. The van der Waals surface area contributed by atoms with Crippen LogP contribution in [-0.2, 0) is 0 Å². The molecule has 0 aromatic heterocycles. The van der Waals surface area contributed by atoms with Crippen molar-refractivity contribution < 1.29 is 0 Å². The van der Waals surface area contributed by atoms with Crippen molar-refractivity contribution in [3.63, 3.8) is 0 Å². The molecule has 28 heavy (non-hydrogen) atoms. The smallest absolute Gasteiger partial charge is 0.0288 e. The maximum absolute atomic E-state index is 2.49. The van der Waals surface area contributed by atoms with E-state index >= 15 is 0 Å². The van der Waals surface area contributed by atoms with Gasteiger partial charge in [-0.1, -0.05) is 87.8 Å². The fraction of sp³-hybridized carbons (Fsp3) is 0.786. The van der Waals surface area contributed by atoms with E-state index in [-0.39, 0.29) is 0 Å². The third-order valence-corrected chi connectivity index (χ3v) is 5.96. The van der Waals surface area contributed by atoms with Gasteiger partial charge in [-0.2, -0.15) is 0 Å². The minimum absolute atomic E-state index is 0.876. The van der Waals surface area contributed by atoms with E-state index in [0.717, 1.165) is 11.8 Å². The Morgan fingerprint density at radius 2 is 1.11 bits per heavy atom. The second kappa shape index (κ2) is 18.3. The molecule has 0 amide bonds. The van der Waals surface area contributed by atoms with Gasteiger partial charge in [-0.25, -0.2) is 0 Å². The molecular formula is C28H52. The molecule has 0 N–H and O–H groups in total. The third kappa shape index (κ3) is 18.6. The highest BCUT2D eigenvalue weighted by molar-refractivity contribution is 5.02. The van der Waals surface area contributed by atoms with Crippen molar-refractivity contribution in [2.45, 2.75) is 132 Å².